The highest BCUT2D eigenvalue weighted by Crippen LogP contribution is 2.28. The number of phenols is 1. The highest BCUT2D eigenvalue weighted by molar-refractivity contribution is 6.07. The second-order valence-electron chi connectivity index (χ2n) is 4.99. The number of non-ortho nitro benzene ring substituents is 1. The van der Waals surface area contributed by atoms with Crippen molar-refractivity contribution in [2.75, 3.05) is 11.9 Å². The fourth-order valence-electron chi connectivity index (χ4n) is 2.02. The molecule has 130 valence electrons. The smallest absolute Gasteiger partial charge is 0.339 e. The molecule has 0 radical (unpaired) electrons. The number of nitrogens with one attached hydrogen (secondary N) is 1. The Labute approximate surface area is 142 Å². The van der Waals surface area contributed by atoms with Crippen LogP contribution in [0.5, 0.6) is 5.75 Å². The number of nitrogens with zero attached hydrogens (tertiary/aromatic N) is 2. The van der Waals surface area contributed by atoms with Gasteiger partial charge in [0.2, 0.25) is 0 Å². The van der Waals surface area contributed by atoms with E-state index in [1.165, 1.54) is 12.3 Å². The molecule has 0 atom stereocenters. The molecule has 2 N–H and O–H groups in total. The number of rotatable bonds is 5. The van der Waals surface area contributed by atoms with Crippen molar-refractivity contribution in [2.45, 2.75) is 13.8 Å². The van der Waals surface area contributed by atoms with Crippen LogP contribution in [0.2, 0.25) is 0 Å². The summed E-state index contributed by atoms with van der Waals surface area (Å²) in [6.07, 6.45) is 1.29. The number of benzene rings is 1. The van der Waals surface area contributed by atoms with Crippen molar-refractivity contribution in [3.05, 3.63) is 57.4 Å². The number of hydrogen-bond acceptors (Lipinski definition) is 7. The molecule has 0 aliphatic rings. The average Bonchev–Trinajstić information content (AvgIpc) is 2.57. The Kier molecular flexibility index (Phi) is 5.28. The molecule has 0 unspecified atom stereocenters. The molecule has 1 amide bonds. The van der Waals surface area contributed by atoms with E-state index in [0.717, 1.165) is 18.2 Å². The van der Waals surface area contributed by atoms with Gasteiger partial charge in [-0.3, -0.25) is 19.9 Å². The number of nitro benzene ring substituents is 1. The number of anilines is 1. The molecule has 0 saturated heterocycles. The van der Waals surface area contributed by atoms with Crippen LogP contribution in [-0.2, 0) is 4.74 Å². The van der Waals surface area contributed by atoms with E-state index >= 15 is 0 Å². The van der Waals surface area contributed by atoms with E-state index in [4.69, 9.17) is 4.74 Å². The summed E-state index contributed by atoms with van der Waals surface area (Å²) in [5.41, 5.74) is 0.108. The summed E-state index contributed by atoms with van der Waals surface area (Å²) >= 11 is 0. The van der Waals surface area contributed by atoms with Crippen molar-refractivity contribution >= 4 is 23.3 Å². The number of amides is 1. The van der Waals surface area contributed by atoms with Gasteiger partial charge in [-0.2, -0.15) is 0 Å². The molecule has 0 aliphatic carbocycles. The topological polar surface area (TPSA) is 132 Å². The molecule has 25 heavy (non-hydrogen) atoms. The lowest BCUT2D eigenvalue weighted by Crippen LogP contribution is -2.16. The fraction of sp³-hybridized carbons (Fsp3) is 0.188. The van der Waals surface area contributed by atoms with Crippen LogP contribution in [0.3, 0.4) is 0 Å². The Morgan fingerprint density at radius 1 is 1.36 bits per heavy atom. The first-order chi connectivity index (χ1) is 11.8. The fourth-order valence-corrected chi connectivity index (χ4v) is 2.02. The van der Waals surface area contributed by atoms with Crippen molar-refractivity contribution in [3.8, 4) is 5.75 Å². The van der Waals surface area contributed by atoms with Gasteiger partial charge in [0.05, 0.1) is 34.0 Å². The zero-order valence-corrected chi connectivity index (χ0v) is 13.5. The van der Waals surface area contributed by atoms with Crippen molar-refractivity contribution in [1.82, 2.24) is 4.98 Å². The number of pyridine rings is 1. The zero-order valence-electron chi connectivity index (χ0n) is 13.5. The monoisotopic (exact) mass is 345 g/mol. The minimum atomic E-state index is -0.674. The predicted octanol–water partition coefficient (Wildman–Crippen LogP) is 2.43. The summed E-state index contributed by atoms with van der Waals surface area (Å²) in [5, 5.41) is 22.9. The van der Waals surface area contributed by atoms with Gasteiger partial charge >= 0.3 is 5.97 Å². The summed E-state index contributed by atoms with van der Waals surface area (Å²) in [4.78, 5) is 38.3. The summed E-state index contributed by atoms with van der Waals surface area (Å²) in [7, 11) is 0. The number of aromatic nitrogens is 1. The molecular formula is C16H15N3O6. The molecule has 9 heteroatoms. The standard InChI is InChI=1S/C16H15N3O6/c1-3-25-16(22)10-6-12(9(2)17-8-10)15(21)18-13-7-11(19(23)24)4-5-14(13)20/h4-8,20H,3H2,1-2H3,(H,18,21). The Morgan fingerprint density at radius 3 is 2.72 bits per heavy atom. The van der Waals surface area contributed by atoms with E-state index in [2.05, 4.69) is 10.3 Å². The number of carbonyl (C=O) groups excluding carboxylic acids is 2. The maximum atomic E-state index is 12.4. The molecule has 0 bridgehead atoms. The van der Waals surface area contributed by atoms with E-state index < -0.39 is 16.8 Å². The Balaban J connectivity index is 2.32. The molecular weight excluding hydrogens is 330 g/mol. The summed E-state index contributed by atoms with van der Waals surface area (Å²) in [6.45, 7) is 3.39. The third-order valence-corrected chi connectivity index (χ3v) is 3.28. The molecule has 1 heterocycles. The average molecular weight is 345 g/mol. The molecule has 9 nitrogen and oxygen atoms in total. The van der Waals surface area contributed by atoms with E-state index in [-0.39, 0.29) is 34.9 Å². The van der Waals surface area contributed by atoms with Gasteiger partial charge < -0.3 is 15.2 Å². The molecule has 1 aromatic heterocycles. The lowest BCUT2D eigenvalue weighted by Gasteiger charge is -2.10. The van der Waals surface area contributed by atoms with Gasteiger partial charge in [-0.05, 0) is 26.0 Å². The van der Waals surface area contributed by atoms with Gasteiger partial charge in [0.15, 0.2) is 0 Å². The normalized spacial score (nSPS) is 10.2. The third kappa shape index (κ3) is 4.08. The van der Waals surface area contributed by atoms with E-state index in [9.17, 15) is 24.8 Å². The summed E-state index contributed by atoms with van der Waals surface area (Å²) in [5.74, 6) is -1.62. The summed E-state index contributed by atoms with van der Waals surface area (Å²) < 4.78 is 4.86. The number of aryl methyl sites for hydroxylation is 1. The molecule has 0 fully saturated rings. The summed E-state index contributed by atoms with van der Waals surface area (Å²) in [6, 6.07) is 4.56. The lowest BCUT2D eigenvalue weighted by atomic mass is 10.1. The molecule has 0 saturated carbocycles. The number of ether oxygens (including phenoxy) is 1. The largest absolute Gasteiger partial charge is 0.506 e. The van der Waals surface area contributed by atoms with E-state index in [1.54, 1.807) is 13.8 Å². The van der Waals surface area contributed by atoms with Crippen LogP contribution in [0.4, 0.5) is 11.4 Å². The Morgan fingerprint density at radius 2 is 2.08 bits per heavy atom. The van der Waals surface area contributed by atoms with Crippen LogP contribution in [0.15, 0.2) is 30.5 Å². The number of esters is 1. The second-order valence-corrected chi connectivity index (χ2v) is 4.99. The Bertz CT molecular complexity index is 850. The first-order valence-electron chi connectivity index (χ1n) is 7.26. The van der Waals surface area contributed by atoms with Crippen molar-refractivity contribution in [2.24, 2.45) is 0 Å². The number of nitro groups is 1. The molecule has 1 aromatic carbocycles. The van der Waals surface area contributed by atoms with Crippen LogP contribution in [0.25, 0.3) is 0 Å². The molecule has 0 spiro atoms. The first kappa shape index (κ1) is 17.9. The zero-order chi connectivity index (χ0) is 18.6. The van der Waals surface area contributed by atoms with Gasteiger partial charge in [-0.25, -0.2) is 4.79 Å². The maximum Gasteiger partial charge on any atom is 0.339 e. The van der Waals surface area contributed by atoms with Crippen molar-refractivity contribution in [1.29, 1.82) is 0 Å². The van der Waals surface area contributed by atoms with Gasteiger partial charge in [0, 0.05) is 18.3 Å². The number of carbonyl (C=O) groups is 2. The minimum Gasteiger partial charge on any atom is -0.506 e. The van der Waals surface area contributed by atoms with Crippen LogP contribution in [0.1, 0.15) is 33.3 Å². The van der Waals surface area contributed by atoms with Gasteiger partial charge in [-0.1, -0.05) is 0 Å². The molecule has 2 aromatic rings. The van der Waals surface area contributed by atoms with Gasteiger partial charge in [0.1, 0.15) is 5.75 Å². The predicted molar refractivity (Wildman–Crippen MR) is 87.6 cm³/mol. The van der Waals surface area contributed by atoms with Gasteiger partial charge in [-0.15, -0.1) is 0 Å². The highest BCUT2D eigenvalue weighted by Gasteiger charge is 2.18. The van der Waals surface area contributed by atoms with Gasteiger partial charge in [0.25, 0.3) is 11.6 Å². The lowest BCUT2D eigenvalue weighted by molar-refractivity contribution is -0.384. The molecule has 0 aliphatic heterocycles. The van der Waals surface area contributed by atoms with Crippen LogP contribution >= 0.6 is 0 Å². The quantitative estimate of drug-likeness (QED) is 0.368. The van der Waals surface area contributed by atoms with Crippen LogP contribution in [-0.4, -0.2) is 33.5 Å². The van der Waals surface area contributed by atoms with E-state index in [0.29, 0.717) is 5.69 Å². The van der Waals surface area contributed by atoms with Crippen molar-refractivity contribution in [3.63, 3.8) is 0 Å². The second kappa shape index (κ2) is 7.39. The number of phenolic OH excluding ortho intramolecular Hbond substituents is 1. The first-order valence-corrected chi connectivity index (χ1v) is 7.26. The minimum absolute atomic E-state index is 0.0801. The van der Waals surface area contributed by atoms with Crippen molar-refractivity contribution < 1.29 is 24.4 Å². The Hall–Kier alpha value is -3.49. The number of aromatic hydroxyl groups is 1. The van der Waals surface area contributed by atoms with Crippen LogP contribution in [0, 0.1) is 17.0 Å². The number of hydrogen-bond donors (Lipinski definition) is 2. The third-order valence-electron chi connectivity index (χ3n) is 3.28. The SMILES string of the molecule is CCOC(=O)c1cnc(C)c(C(=O)Nc2cc([N+](=O)[O-])ccc2O)c1. The molecule has 2 rings (SSSR count). The maximum absolute atomic E-state index is 12.4. The van der Waals surface area contributed by atoms with E-state index in [1.807, 2.05) is 0 Å². The highest BCUT2D eigenvalue weighted by atomic mass is 16.6. The van der Waals surface area contributed by atoms with Crippen LogP contribution < -0.4 is 5.32 Å².